The van der Waals surface area contributed by atoms with Gasteiger partial charge in [-0.3, -0.25) is 0 Å². The predicted octanol–water partition coefficient (Wildman–Crippen LogP) is 6.97. The lowest BCUT2D eigenvalue weighted by atomic mass is 9.93. The Balaban J connectivity index is 1.91. The van der Waals surface area contributed by atoms with Crippen LogP contribution in [0.2, 0.25) is 0 Å². The van der Waals surface area contributed by atoms with Crippen LogP contribution >= 0.6 is 0 Å². The van der Waals surface area contributed by atoms with Crippen LogP contribution in [0.5, 0.6) is 0 Å². The Morgan fingerprint density at radius 3 is 0.958 bits per heavy atom. The molecule has 0 N–H and O–H groups in total. The molecular formula is C24H24. The monoisotopic (exact) mass is 312 g/mol. The average Bonchev–Trinajstić information content (AvgIpc) is 2.76. The summed E-state index contributed by atoms with van der Waals surface area (Å²) in [6.07, 6.45) is 18.2. The molecule has 0 unspecified atom stereocenters. The van der Waals surface area contributed by atoms with Crippen molar-refractivity contribution in [2.24, 2.45) is 10.8 Å². The fraction of sp³-hybridized carbons (Fsp3) is 0.250. The molecule has 0 radical (unpaired) electrons. The van der Waals surface area contributed by atoms with E-state index in [4.69, 9.17) is 0 Å². The highest BCUT2D eigenvalue weighted by Gasteiger charge is 2.15. The van der Waals surface area contributed by atoms with E-state index in [2.05, 4.69) is 101 Å². The predicted molar refractivity (Wildman–Crippen MR) is 108 cm³/mol. The molecule has 2 aliphatic rings. The summed E-state index contributed by atoms with van der Waals surface area (Å²) in [6, 6.07) is 9.28. The van der Waals surface area contributed by atoms with Gasteiger partial charge in [0, 0.05) is 10.8 Å². The molecule has 0 aromatic heterocycles. The summed E-state index contributed by atoms with van der Waals surface area (Å²) in [4.78, 5) is 0. The Morgan fingerprint density at radius 1 is 0.458 bits per heavy atom. The molecule has 2 aromatic rings. The van der Waals surface area contributed by atoms with E-state index in [9.17, 15) is 0 Å². The molecule has 4 rings (SSSR count). The highest BCUT2D eigenvalue weighted by atomic mass is 14.2. The van der Waals surface area contributed by atoms with E-state index in [0.29, 0.717) is 0 Å². The van der Waals surface area contributed by atoms with Gasteiger partial charge in [0.1, 0.15) is 0 Å². The van der Waals surface area contributed by atoms with E-state index in [1.54, 1.807) is 0 Å². The van der Waals surface area contributed by atoms with E-state index >= 15 is 0 Å². The van der Waals surface area contributed by atoms with Crippen LogP contribution < -0.4 is 0 Å². The van der Waals surface area contributed by atoms with E-state index in [1.165, 1.54) is 33.0 Å². The molecule has 0 saturated carbocycles. The molecule has 0 fully saturated rings. The molecule has 0 nitrogen and oxygen atoms in total. The fourth-order valence-electron chi connectivity index (χ4n) is 3.33. The third-order valence-electron chi connectivity index (χ3n) is 5.01. The lowest BCUT2D eigenvalue weighted by Crippen LogP contribution is -1.99. The van der Waals surface area contributed by atoms with Crippen molar-refractivity contribution in [1.82, 2.24) is 0 Å². The highest BCUT2D eigenvalue weighted by molar-refractivity contribution is 5.93. The summed E-state index contributed by atoms with van der Waals surface area (Å²) in [5.41, 5.74) is 5.43. The van der Waals surface area contributed by atoms with Crippen molar-refractivity contribution in [3.05, 3.63) is 70.8 Å². The van der Waals surface area contributed by atoms with Crippen molar-refractivity contribution >= 4 is 35.1 Å². The van der Waals surface area contributed by atoms with Crippen LogP contribution in [0, 0.1) is 10.8 Å². The van der Waals surface area contributed by atoms with E-state index in [0.717, 1.165) is 0 Å². The molecule has 0 amide bonds. The lowest BCUT2D eigenvalue weighted by Gasteiger charge is -2.12. The summed E-state index contributed by atoms with van der Waals surface area (Å²) in [5.74, 6) is 0. The van der Waals surface area contributed by atoms with Gasteiger partial charge in [-0.15, -0.1) is 0 Å². The van der Waals surface area contributed by atoms with Crippen molar-refractivity contribution in [3.8, 4) is 0 Å². The number of hydrogen-bond acceptors (Lipinski definition) is 0. The molecule has 2 aliphatic carbocycles. The van der Waals surface area contributed by atoms with Gasteiger partial charge in [-0.25, -0.2) is 0 Å². The van der Waals surface area contributed by atoms with Crippen LogP contribution in [0.15, 0.2) is 48.6 Å². The zero-order chi connectivity index (χ0) is 16.9. The van der Waals surface area contributed by atoms with Crippen molar-refractivity contribution in [1.29, 1.82) is 0 Å². The van der Waals surface area contributed by atoms with Crippen LogP contribution in [0.1, 0.15) is 49.9 Å². The normalized spacial score (nSPS) is 19.7. The Kier molecular flexibility index (Phi) is 3.22. The molecular weight excluding hydrogens is 288 g/mol. The van der Waals surface area contributed by atoms with Crippen LogP contribution in [0.25, 0.3) is 35.1 Å². The molecule has 0 saturated heterocycles. The minimum absolute atomic E-state index is 0.111. The van der Waals surface area contributed by atoms with Gasteiger partial charge in [0.25, 0.3) is 0 Å². The van der Waals surface area contributed by atoms with Gasteiger partial charge in [0.15, 0.2) is 0 Å². The molecule has 0 heterocycles. The van der Waals surface area contributed by atoms with E-state index in [-0.39, 0.29) is 10.8 Å². The molecule has 0 bridgehead atoms. The minimum atomic E-state index is 0.111. The van der Waals surface area contributed by atoms with Crippen molar-refractivity contribution < 1.29 is 0 Å². The first-order valence-corrected chi connectivity index (χ1v) is 8.70. The van der Waals surface area contributed by atoms with Crippen LogP contribution in [-0.4, -0.2) is 0 Å². The standard InChI is InChI=1S/C24H24/c1-23(2)9-5-17-13-21-15-19-7-11-24(3,4)12-8-20(19)16-22(21)14-18(17)6-10-23/h5-16H,1-4H3. The van der Waals surface area contributed by atoms with Gasteiger partial charge in [-0.2, -0.15) is 0 Å². The van der Waals surface area contributed by atoms with Gasteiger partial charge < -0.3 is 0 Å². The Hall–Kier alpha value is -2.34. The first kappa shape index (κ1) is 15.2. The maximum absolute atomic E-state index is 2.32. The second kappa shape index (κ2) is 5.08. The topological polar surface area (TPSA) is 0 Å². The summed E-state index contributed by atoms with van der Waals surface area (Å²) >= 11 is 0. The number of fused-ring (bicyclic) bond motifs is 3. The van der Waals surface area contributed by atoms with Gasteiger partial charge in [0.05, 0.1) is 0 Å². The molecule has 0 heteroatoms. The third kappa shape index (κ3) is 2.78. The quantitative estimate of drug-likeness (QED) is 0.492. The SMILES string of the molecule is CC1(C)C=Cc2cc3cc4c(cc3cc2C=C1)C=CC(C)(C)C=C4. The number of rotatable bonds is 0. The first-order valence-electron chi connectivity index (χ1n) is 8.70. The summed E-state index contributed by atoms with van der Waals surface area (Å²) in [7, 11) is 0. The Bertz CT molecular complexity index is 794. The maximum Gasteiger partial charge on any atom is 0.00111 e. The molecule has 120 valence electrons. The maximum atomic E-state index is 2.32. The summed E-state index contributed by atoms with van der Waals surface area (Å²) < 4.78 is 0. The van der Waals surface area contributed by atoms with Crippen molar-refractivity contribution in [2.45, 2.75) is 27.7 Å². The van der Waals surface area contributed by atoms with Crippen molar-refractivity contribution in [3.63, 3.8) is 0 Å². The molecule has 0 aliphatic heterocycles. The second-order valence-electron chi connectivity index (χ2n) is 8.29. The van der Waals surface area contributed by atoms with Crippen LogP contribution in [-0.2, 0) is 0 Å². The number of hydrogen-bond donors (Lipinski definition) is 0. The van der Waals surface area contributed by atoms with Gasteiger partial charge >= 0.3 is 0 Å². The fourth-order valence-corrected chi connectivity index (χ4v) is 3.33. The van der Waals surface area contributed by atoms with Gasteiger partial charge in [-0.1, -0.05) is 76.3 Å². The third-order valence-corrected chi connectivity index (χ3v) is 5.01. The summed E-state index contributed by atoms with van der Waals surface area (Å²) in [6.45, 7) is 8.96. The van der Waals surface area contributed by atoms with Crippen LogP contribution in [0.4, 0.5) is 0 Å². The molecule has 0 atom stereocenters. The number of benzene rings is 2. The van der Waals surface area contributed by atoms with E-state index < -0.39 is 0 Å². The van der Waals surface area contributed by atoms with E-state index in [1.807, 2.05) is 0 Å². The Labute approximate surface area is 144 Å². The smallest absolute Gasteiger partial charge is 0.00111 e. The van der Waals surface area contributed by atoms with Crippen molar-refractivity contribution in [2.75, 3.05) is 0 Å². The van der Waals surface area contributed by atoms with Gasteiger partial charge in [0.2, 0.25) is 0 Å². The van der Waals surface area contributed by atoms with Crippen LogP contribution in [0.3, 0.4) is 0 Å². The molecule has 2 aromatic carbocycles. The lowest BCUT2D eigenvalue weighted by molar-refractivity contribution is 0.633. The largest absolute Gasteiger partial charge is 0.0745 e. The number of allylic oxidation sites excluding steroid dienone is 4. The highest BCUT2D eigenvalue weighted by Crippen LogP contribution is 2.34. The molecule has 0 spiro atoms. The summed E-state index contributed by atoms with van der Waals surface area (Å²) in [5, 5.41) is 2.62. The zero-order valence-electron chi connectivity index (χ0n) is 14.9. The first-order chi connectivity index (χ1) is 11.3. The average molecular weight is 312 g/mol. The van der Waals surface area contributed by atoms with Gasteiger partial charge in [-0.05, 0) is 57.3 Å². The Morgan fingerprint density at radius 2 is 0.708 bits per heavy atom. The molecule has 24 heavy (non-hydrogen) atoms. The minimum Gasteiger partial charge on any atom is -0.0745 e. The zero-order valence-corrected chi connectivity index (χ0v) is 14.9. The second-order valence-corrected chi connectivity index (χ2v) is 8.29.